The fourth-order valence-corrected chi connectivity index (χ4v) is 3.66. The summed E-state index contributed by atoms with van der Waals surface area (Å²) in [5.41, 5.74) is 1.63. The summed E-state index contributed by atoms with van der Waals surface area (Å²) < 4.78 is 16.3. The molecule has 1 aliphatic rings. The summed E-state index contributed by atoms with van der Waals surface area (Å²) >= 11 is 0.785. The van der Waals surface area contributed by atoms with Crippen LogP contribution in [0.1, 0.15) is 30.9 Å². The van der Waals surface area contributed by atoms with Crippen LogP contribution in [0, 0.1) is 0 Å². The summed E-state index contributed by atoms with van der Waals surface area (Å²) in [6, 6.07) is 8.93. The largest absolute Gasteiger partial charge is 0.493 e. The zero-order chi connectivity index (χ0) is 22.9. The van der Waals surface area contributed by atoms with Crippen molar-refractivity contribution in [3.8, 4) is 11.5 Å². The molecule has 1 fully saturated rings. The van der Waals surface area contributed by atoms with E-state index in [1.54, 1.807) is 36.7 Å². The van der Waals surface area contributed by atoms with Gasteiger partial charge in [0, 0.05) is 12.4 Å². The number of benzene rings is 1. The highest BCUT2D eigenvalue weighted by Crippen LogP contribution is 2.34. The van der Waals surface area contributed by atoms with Crippen LogP contribution in [0.3, 0.4) is 0 Å². The number of methoxy groups -OCH3 is 1. The molecule has 0 atom stereocenters. The highest BCUT2D eigenvalue weighted by molar-refractivity contribution is 8.18. The van der Waals surface area contributed by atoms with Crippen molar-refractivity contribution in [1.29, 1.82) is 0 Å². The number of carbonyl (C=O) groups is 3. The van der Waals surface area contributed by atoms with Crippen molar-refractivity contribution in [2.45, 2.75) is 26.4 Å². The number of rotatable bonds is 10. The third-order valence-electron chi connectivity index (χ3n) is 4.55. The summed E-state index contributed by atoms with van der Waals surface area (Å²) in [6.45, 7) is 2.21. The van der Waals surface area contributed by atoms with Crippen molar-refractivity contribution >= 4 is 35.0 Å². The van der Waals surface area contributed by atoms with Gasteiger partial charge in [-0.25, -0.2) is 0 Å². The van der Waals surface area contributed by atoms with Gasteiger partial charge in [-0.3, -0.25) is 24.3 Å². The van der Waals surface area contributed by atoms with Gasteiger partial charge in [0.25, 0.3) is 11.1 Å². The maximum atomic E-state index is 12.6. The second-order valence-electron chi connectivity index (χ2n) is 6.90. The first-order valence-electron chi connectivity index (χ1n) is 10.1. The molecule has 3 rings (SSSR count). The van der Waals surface area contributed by atoms with Crippen molar-refractivity contribution in [2.24, 2.45) is 0 Å². The lowest BCUT2D eigenvalue weighted by Gasteiger charge is -2.12. The number of thioether (sulfide) groups is 1. The Kier molecular flexibility index (Phi) is 8.27. The molecule has 0 N–H and O–H groups in total. The highest BCUT2D eigenvalue weighted by atomic mass is 32.2. The molecule has 0 bridgehead atoms. The third-order valence-corrected chi connectivity index (χ3v) is 5.46. The molecule has 1 aromatic heterocycles. The highest BCUT2D eigenvalue weighted by Gasteiger charge is 2.36. The van der Waals surface area contributed by atoms with Gasteiger partial charge in [0.15, 0.2) is 11.5 Å². The van der Waals surface area contributed by atoms with Crippen LogP contribution in [0.5, 0.6) is 11.5 Å². The van der Waals surface area contributed by atoms with Crippen LogP contribution in [0.4, 0.5) is 4.79 Å². The molecule has 1 saturated heterocycles. The lowest BCUT2D eigenvalue weighted by atomic mass is 10.2. The molecule has 1 aromatic carbocycles. The van der Waals surface area contributed by atoms with Crippen molar-refractivity contribution in [3.63, 3.8) is 0 Å². The smallest absolute Gasteiger partial charge is 0.326 e. The van der Waals surface area contributed by atoms with E-state index in [9.17, 15) is 14.4 Å². The summed E-state index contributed by atoms with van der Waals surface area (Å²) in [5.74, 6) is -0.0836. The predicted octanol–water partition coefficient (Wildman–Crippen LogP) is 4.05. The molecule has 0 unspecified atom stereocenters. The van der Waals surface area contributed by atoms with E-state index in [4.69, 9.17) is 14.2 Å². The molecule has 0 saturated carbocycles. The first-order chi connectivity index (χ1) is 15.5. The Labute approximate surface area is 190 Å². The van der Waals surface area contributed by atoms with Gasteiger partial charge in [0.05, 0.1) is 18.6 Å². The molecule has 0 spiro atoms. The van der Waals surface area contributed by atoms with E-state index in [0.29, 0.717) is 23.7 Å². The normalized spacial score (nSPS) is 14.7. The van der Waals surface area contributed by atoms with Crippen LogP contribution in [-0.2, 0) is 20.9 Å². The number of unbranched alkanes of at least 4 members (excludes halogenated alkanes) is 1. The fraction of sp³-hybridized carbons (Fsp3) is 0.304. The predicted molar refractivity (Wildman–Crippen MR) is 120 cm³/mol. The Balaban J connectivity index is 1.67. The van der Waals surface area contributed by atoms with E-state index < -0.39 is 23.7 Å². The molecule has 168 valence electrons. The first kappa shape index (κ1) is 23.3. The molecule has 2 amide bonds. The van der Waals surface area contributed by atoms with Crippen LogP contribution in [0.2, 0.25) is 0 Å². The van der Waals surface area contributed by atoms with Crippen molar-refractivity contribution in [2.75, 3.05) is 20.3 Å². The van der Waals surface area contributed by atoms with E-state index >= 15 is 0 Å². The fourth-order valence-electron chi connectivity index (χ4n) is 2.83. The lowest BCUT2D eigenvalue weighted by molar-refractivity contribution is -0.146. The third kappa shape index (κ3) is 6.10. The number of pyridine rings is 1. The second kappa shape index (κ2) is 11.3. The molecule has 0 aliphatic carbocycles. The van der Waals surface area contributed by atoms with Gasteiger partial charge in [-0.15, -0.1) is 0 Å². The van der Waals surface area contributed by atoms with Crippen LogP contribution in [0.15, 0.2) is 47.6 Å². The summed E-state index contributed by atoms with van der Waals surface area (Å²) in [4.78, 5) is 41.8. The summed E-state index contributed by atoms with van der Waals surface area (Å²) in [7, 11) is 1.52. The van der Waals surface area contributed by atoms with Crippen LogP contribution in [-0.4, -0.2) is 47.3 Å². The molecular formula is C23H24N2O6S. The minimum atomic E-state index is -0.598. The molecule has 2 heterocycles. The molecule has 2 aromatic rings. The van der Waals surface area contributed by atoms with Gasteiger partial charge < -0.3 is 14.2 Å². The number of amides is 2. The Morgan fingerprint density at radius 3 is 2.66 bits per heavy atom. The number of aromatic nitrogens is 1. The number of nitrogens with zero attached hydrogens (tertiary/aromatic N) is 2. The van der Waals surface area contributed by atoms with Gasteiger partial charge in [-0.05, 0) is 59.7 Å². The standard InChI is InChI=1S/C23H24N2O6S/c1-3-4-11-30-21(26)14-25-22(27)20(32-23(25)28)13-17-5-6-18(19(12-17)29-2)31-15-16-7-9-24-10-8-16/h5-10,12-13H,3-4,11,14-15H2,1-2H3/b20-13+. The quantitative estimate of drug-likeness (QED) is 0.300. The van der Waals surface area contributed by atoms with Gasteiger partial charge in [0.1, 0.15) is 13.2 Å². The molecular weight excluding hydrogens is 432 g/mol. The van der Waals surface area contributed by atoms with Crippen molar-refractivity contribution < 1.29 is 28.6 Å². The van der Waals surface area contributed by atoms with E-state index in [0.717, 1.165) is 35.1 Å². The molecule has 0 radical (unpaired) electrons. The summed E-state index contributed by atoms with van der Waals surface area (Å²) in [5, 5.41) is -0.502. The van der Waals surface area contributed by atoms with Crippen LogP contribution < -0.4 is 9.47 Å². The minimum absolute atomic E-state index is 0.226. The Morgan fingerprint density at radius 1 is 1.16 bits per heavy atom. The van der Waals surface area contributed by atoms with E-state index in [1.165, 1.54) is 7.11 Å². The first-order valence-corrected chi connectivity index (χ1v) is 10.9. The monoisotopic (exact) mass is 456 g/mol. The topological polar surface area (TPSA) is 95.0 Å². The number of carbonyl (C=O) groups excluding carboxylic acids is 3. The number of hydrogen-bond donors (Lipinski definition) is 0. The Bertz CT molecular complexity index is 1010. The van der Waals surface area contributed by atoms with Gasteiger partial charge in [-0.1, -0.05) is 19.4 Å². The van der Waals surface area contributed by atoms with E-state index in [2.05, 4.69) is 4.98 Å². The second-order valence-corrected chi connectivity index (χ2v) is 7.89. The number of esters is 1. The molecule has 9 heteroatoms. The van der Waals surface area contributed by atoms with Crippen molar-refractivity contribution in [3.05, 3.63) is 58.8 Å². The maximum Gasteiger partial charge on any atom is 0.326 e. The Hall–Kier alpha value is -3.33. The Morgan fingerprint density at radius 2 is 1.94 bits per heavy atom. The van der Waals surface area contributed by atoms with Gasteiger partial charge >= 0.3 is 5.97 Å². The van der Waals surface area contributed by atoms with E-state index in [-0.39, 0.29) is 11.5 Å². The van der Waals surface area contributed by atoms with Crippen LogP contribution >= 0.6 is 11.8 Å². The van der Waals surface area contributed by atoms with Gasteiger partial charge in [0.2, 0.25) is 0 Å². The number of imide groups is 1. The average molecular weight is 457 g/mol. The SMILES string of the molecule is CCCCOC(=O)CN1C(=O)S/C(=C/c2ccc(OCc3ccncc3)c(OC)c2)C1=O. The maximum absolute atomic E-state index is 12.6. The minimum Gasteiger partial charge on any atom is -0.493 e. The zero-order valence-corrected chi connectivity index (χ0v) is 18.7. The summed E-state index contributed by atoms with van der Waals surface area (Å²) in [6.07, 6.45) is 6.59. The molecule has 32 heavy (non-hydrogen) atoms. The lowest BCUT2D eigenvalue weighted by Crippen LogP contribution is -2.34. The number of ether oxygens (including phenoxy) is 3. The van der Waals surface area contributed by atoms with E-state index in [1.807, 2.05) is 19.1 Å². The molecule has 8 nitrogen and oxygen atoms in total. The van der Waals surface area contributed by atoms with Crippen LogP contribution in [0.25, 0.3) is 6.08 Å². The molecule has 1 aliphatic heterocycles. The average Bonchev–Trinajstić information content (AvgIpc) is 3.06. The van der Waals surface area contributed by atoms with Crippen molar-refractivity contribution in [1.82, 2.24) is 9.88 Å². The zero-order valence-electron chi connectivity index (χ0n) is 17.9. The van der Waals surface area contributed by atoms with Gasteiger partial charge in [-0.2, -0.15) is 0 Å². The number of hydrogen-bond acceptors (Lipinski definition) is 8.